The van der Waals surface area contributed by atoms with Crippen LogP contribution in [0.15, 0.2) is 41.6 Å². The molecule has 0 unspecified atom stereocenters. The standard InChI is InChI=1S/C19H18ClN3O2S/c1-12-5-3-4-6-14(12)18-21-22-19(23(18)2)26-11-13-9-15(20)17-16(10-13)24-7-8-25-17/h3-6,9-10H,7-8,11H2,1-2H3. The van der Waals surface area contributed by atoms with Crippen LogP contribution < -0.4 is 9.47 Å². The maximum absolute atomic E-state index is 6.31. The van der Waals surface area contributed by atoms with Gasteiger partial charge < -0.3 is 14.0 Å². The number of hydrogen-bond donors (Lipinski definition) is 0. The van der Waals surface area contributed by atoms with Crippen LogP contribution >= 0.6 is 23.4 Å². The number of benzene rings is 2. The molecule has 3 aromatic rings. The molecular weight excluding hydrogens is 370 g/mol. The monoisotopic (exact) mass is 387 g/mol. The molecule has 0 N–H and O–H groups in total. The topological polar surface area (TPSA) is 49.2 Å². The number of aryl methyl sites for hydroxylation is 1. The molecule has 5 nitrogen and oxygen atoms in total. The third-order valence-electron chi connectivity index (χ3n) is 4.25. The zero-order valence-electron chi connectivity index (χ0n) is 14.5. The Hall–Kier alpha value is -2.18. The molecule has 1 aliphatic heterocycles. The highest BCUT2D eigenvalue weighted by Crippen LogP contribution is 2.39. The molecule has 0 saturated carbocycles. The number of rotatable bonds is 4. The van der Waals surface area contributed by atoms with Crippen molar-refractivity contribution in [2.45, 2.75) is 17.8 Å². The minimum absolute atomic E-state index is 0.529. The Morgan fingerprint density at radius 1 is 1.15 bits per heavy atom. The van der Waals surface area contributed by atoms with Gasteiger partial charge in [-0.2, -0.15) is 0 Å². The Balaban J connectivity index is 1.54. The van der Waals surface area contributed by atoms with Gasteiger partial charge >= 0.3 is 0 Å². The van der Waals surface area contributed by atoms with Crippen LogP contribution in [0.1, 0.15) is 11.1 Å². The van der Waals surface area contributed by atoms with Gasteiger partial charge in [-0.05, 0) is 30.2 Å². The minimum Gasteiger partial charge on any atom is -0.486 e. The van der Waals surface area contributed by atoms with E-state index in [0.717, 1.165) is 27.9 Å². The third-order valence-corrected chi connectivity index (χ3v) is 5.62. The van der Waals surface area contributed by atoms with Gasteiger partial charge in [0.2, 0.25) is 0 Å². The SMILES string of the molecule is Cc1ccccc1-c1nnc(SCc2cc(Cl)c3c(c2)OCCO3)n1C. The summed E-state index contributed by atoms with van der Waals surface area (Å²) in [4.78, 5) is 0. The van der Waals surface area contributed by atoms with E-state index in [1.165, 1.54) is 5.56 Å². The van der Waals surface area contributed by atoms with Gasteiger partial charge in [-0.25, -0.2) is 0 Å². The molecule has 0 saturated heterocycles. The lowest BCUT2D eigenvalue weighted by atomic mass is 10.1. The fourth-order valence-electron chi connectivity index (χ4n) is 2.89. The first kappa shape index (κ1) is 17.2. The van der Waals surface area contributed by atoms with Gasteiger partial charge in [0.05, 0.1) is 5.02 Å². The molecule has 0 fully saturated rings. The van der Waals surface area contributed by atoms with Crippen molar-refractivity contribution in [3.63, 3.8) is 0 Å². The zero-order chi connectivity index (χ0) is 18.1. The summed E-state index contributed by atoms with van der Waals surface area (Å²) in [7, 11) is 1.99. The quantitative estimate of drug-likeness (QED) is 0.616. The highest BCUT2D eigenvalue weighted by Gasteiger charge is 2.18. The van der Waals surface area contributed by atoms with Crippen LogP contribution in [0, 0.1) is 6.92 Å². The van der Waals surface area contributed by atoms with Crippen molar-refractivity contribution >= 4 is 23.4 Å². The molecule has 134 valence electrons. The molecule has 1 aromatic heterocycles. The average molecular weight is 388 g/mol. The smallest absolute Gasteiger partial charge is 0.191 e. The van der Waals surface area contributed by atoms with Gasteiger partial charge in [0.25, 0.3) is 0 Å². The predicted octanol–water partition coefficient (Wildman–Crippen LogP) is 4.51. The first-order valence-corrected chi connectivity index (χ1v) is 9.66. The summed E-state index contributed by atoms with van der Waals surface area (Å²) in [6, 6.07) is 12.1. The van der Waals surface area contributed by atoms with Gasteiger partial charge in [0.15, 0.2) is 22.5 Å². The fourth-order valence-corrected chi connectivity index (χ4v) is 4.02. The van der Waals surface area contributed by atoms with Gasteiger partial charge in [0, 0.05) is 18.4 Å². The maximum atomic E-state index is 6.31. The highest BCUT2D eigenvalue weighted by molar-refractivity contribution is 7.98. The first-order chi connectivity index (χ1) is 12.6. The number of halogens is 1. The molecule has 7 heteroatoms. The largest absolute Gasteiger partial charge is 0.486 e. The molecule has 0 radical (unpaired) electrons. The summed E-state index contributed by atoms with van der Waals surface area (Å²) in [5, 5.41) is 10.1. The third kappa shape index (κ3) is 3.27. The van der Waals surface area contributed by atoms with E-state index in [9.17, 15) is 0 Å². The molecule has 0 atom stereocenters. The lowest BCUT2D eigenvalue weighted by Gasteiger charge is -2.20. The molecule has 2 heterocycles. The Bertz CT molecular complexity index is 958. The van der Waals surface area contributed by atoms with E-state index in [0.29, 0.717) is 29.7 Å². The van der Waals surface area contributed by atoms with E-state index < -0.39 is 0 Å². The van der Waals surface area contributed by atoms with Crippen molar-refractivity contribution in [2.75, 3.05) is 13.2 Å². The van der Waals surface area contributed by atoms with E-state index >= 15 is 0 Å². The van der Waals surface area contributed by atoms with Crippen LogP contribution in [0.5, 0.6) is 11.5 Å². The minimum atomic E-state index is 0.529. The van der Waals surface area contributed by atoms with E-state index in [4.69, 9.17) is 21.1 Å². The van der Waals surface area contributed by atoms with Crippen LogP contribution in [0.4, 0.5) is 0 Å². The van der Waals surface area contributed by atoms with Crippen molar-refractivity contribution in [1.29, 1.82) is 0 Å². The van der Waals surface area contributed by atoms with Crippen LogP contribution in [0.3, 0.4) is 0 Å². The van der Waals surface area contributed by atoms with E-state index in [1.807, 2.05) is 35.9 Å². The molecule has 0 spiro atoms. The summed E-state index contributed by atoms with van der Waals surface area (Å²) in [6.45, 7) is 3.15. The zero-order valence-corrected chi connectivity index (χ0v) is 16.1. The lowest BCUT2D eigenvalue weighted by Crippen LogP contribution is -2.15. The number of thioether (sulfide) groups is 1. The summed E-state index contributed by atoms with van der Waals surface area (Å²) in [5.41, 5.74) is 3.33. The van der Waals surface area contributed by atoms with Gasteiger partial charge in [-0.3, -0.25) is 0 Å². The van der Waals surface area contributed by atoms with Crippen molar-refractivity contribution in [3.8, 4) is 22.9 Å². The Labute approximate surface area is 161 Å². The summed E-state index contributed by atoms with van der Waals surface area (Å²) >= 11 is 7.93. The first-order valence-electron chi connectivity index (χ1n) is 8.29. The van der Waals surface area contributed by atoms with Crippen molar-refractivity contribution < 1.29 is 9.47 Å². The molecule has 0 amide bonds. The van der Waals surface area contributed by atoms with E-state index in [2.05, 4.69) is 29.3 Å². The highest BCUT2D eigenvalue weighted by atomic mass is 35.5. The van der Waals surface area contributed by atoms with Gasteiger partial charge in [-0.1, -0.05) is 47.6 Å². The van der Waals surface area contributed by atoms with Crippen molar-refractivity contribution in [3.05, 3.63) is 52.5 Å². The number of ether oxygens (including phenoxy) is 2. The number of fused-ring (bicyclic) bond motifs is 1. The normalized spacial score (nSPS) is 13.0. The Morgan fingerprint density at radius 2 is 1.96 bits per heavy atom. The van der Waals surface area contributed by atoms with Crippen LogP contribution in [0.2, 0.25) is 5.02 Å². The molecule has 0 aliphatic carbocycles. The fraction of sp³-hybridized carbons (Fsp3) is 0.263. The molecule has 4 rings (SSSR count). The summed E-state index contributed by atoms with van der Waals surface area (Å²) in [6.07, 6.45) is 0. The average Bonchev–Trinajstić information content (AvgIpc) is 3.01. The van der Waals surface area contributed by atoms with E-state index in [1.54, 1.807) is 11.8 Å². The van der Waals surface area contributed by atoms with Crippen molar-refractivity contribution in [2.24, 2.45) is 7.05 Å². The van der Waals surface area contributed by atoms with Gasteiger partial charge in [0.1, 0.15) is 13.2 Å². The van der Waals surface area contributed by atoms with Gasteiger partial charge in [-0.15, -0.1) is 10.2 Å². The summed E-state index contributed by atoms with van der Waals surface area (Å²) in [5.74, 6) is 2.92. The maximum Gasteiger partial charge on any atom is 0.191 e. The van der Waals surface area contributed by atoms with Crippen LogP contribution in [-0.4, -0.2) is 28.0 Å². The second kappa shape index (κ2) is 7.21. The molecule has 2 aromatic carbocycles. The molecule has 1 aliphatic rings. The summed E-state index contributed by atoms with van der Waals surface area (Å²) < 4.78 is 13.2. The van der Waals surface area contributed by atoms with Crippen LogP contribution in [0.25, 0.3) is 11.4 Å². The molecular formula is C19H18ClN3O2S. The second-order valence-electron chi connectivity index (χ2n) is 6.07. The number of aromatic nitrogens is 3. The Morgan fingerprint density at radius 3 is 2.81 bits per heavy atom. The number of hydrogen-bond acceptors (Lipinski definition) is 5. The second-order valence-corrected chi connectivity index (χ2v) is 7.42. The molecule has 26 heavy (non-hydrogen) atoms. The Kier molecular flexibility index (Phi) is 4.78. The van der Waals surface area contributed by atoms with Crippen LogP contribution in [-0.2, 0) is 12.8 Å². The lowest BCUT2D eigenvalue weighted by molar-refractivity contribution is 0.171. The van der Waals surface area contributed by atoms with E-state index in [-0.39, 0.29) is 0 Å². The number of nitrogens with zero attached hydrogens (tertiary/aromatic N) is 3. The predicted molar refractivity (Wildman–Crippen MR) is 103 cm³/mol. The van der Waals surface area contributed by atoms with Crippen molar-refractivity contribution in [1.82, 2.24) is 14.8 Å². The molecule has 0 bridgehead atoms.